The second-order valence-corrected chi connectivity index (χ2v) is 7.70. The quantitative estimate of drug-likeness (QED) is 0.890. The van der Waals surface area contributed by atoms with Crippen LogP contribution in [0.15, 0.2) is 18.2 Å². The molecule has 2 rings (SSSR count). The van der Waals surface area contributed by atoms with Gasteiger partial charge in [-0.2, -0.15) is 0 Å². The number of carbonyl (C=O) groups excluding carboxylic acids is 1. The molecule has 1 aromatic rings. The largest absolute Gasteiger partial charge is 0.326 e. The van der Waals surface area contributed by atoms with Crippen molar-refractivity contribution >= 4 is 21.6 Å². The second kappa shape index (κ2) is 7.35. The zero-order chi connectivity index (χ0) is 17.0. The van der Waals surface area contributed by atoms with E-state index in [9.17, 15) is 22.0 Å². The van der Waals surface area contributed by atoms with Crippen molar-refractivity contribution in [1.82, 2.24) is 4.31 Å². The molecule has 0 spiro atoms. The van der Waals surface area contributed by atoms with Crippen molar-refractivity contribution in [2.24, 2.45) is 5.92 Å². The highest BCUT2D eigenvalue weighted by atomic mass is 32.2. The molecule has 128 valence electrons. The van der Waals surface area contributed by atoms with Gasteiger partial charge in [0.15, 0.2) is 11.6 Å². The van der Waals surface area contributed by atoms with E-state index in [-0.39, 0.29) is 23.3 Å². The molecular weight excluding hydrogens is 326 g/mol. The van der Waals surface area contributed by atoms with Crippen molar-refractivity contribution in [2.45, 2.75) is 26.2 Å². The molecule has 1 amide bonds. The highest BCUT2D eigenvalue weighted by Gasteiger charge is 2.30. The second-order valence-electron chi connectivity index (χ2n) is 5.61. The minimum atomic E-state index is -3.24. The molecule has 0 bridgehead atoms. The summed E-state index contributed by atoms with van der Waals surface area (Å²) in [5.41, 5.74) is 0.190. The Bertz CT molecular complexity index is 671. The predicted molar refractivity (Wildman–Crippen MR) is 83.4 cm³/mol. The van der Waals surface area contributed by atoms with Crippen LogP contribution in [0.5, 0.6) is 0 Å². The molecule has 1 aliphatic rings. The van der Waals surface area contributed by atoms with Crippen molar-refractivity contribution in [2.75, 3.05) is 24.2 Å². The van der Waals surface area contributed by atoms with Crippen LogP contribution in [-0.4, -0.2) is 37.5 Å². The molecule has 0 saturated carbocycles. The first-order valence-electron chi connectivity index (χ1n) is 7.57. The van der Waals surface area contributed by atoms with Gasteiger partial charge >= 0.3 is 0 Å². The Balaban J connectivity index is 1.92. The first-order valence-corrected chi connectivity index (χ1v) is 9.18. The van der Waals surface area contributed by atoms with E-state index in [0.717, 1.165) is 12.1 Å². The average molecular weight is 346 g/mol. The molecule has 23 heavy (non-hydrogen) atoms. The Morgan fingerprint density at radius 2 is 1.91 bits per heavy atom. The van der Waals surface area contributed by atoms with Crippen LogP contribution in [0.2, 0.25) is 0 Å². The summed E-state index contributed by atoms with van der Waals surface area (Å²) in [6, 6.07) is 3.16. The van der Waals surface area contributed by atoms with Crippen molar-refractivity contribution in [3.8, 4) is 0 Å². The maximum Gasteiger partial charge on any atom is 0.227 e. The van der Waals surface area contributed by atoms with E-state index in [1.54, 1.807) is 6.92 Å². The summed E-state index contributed by atoms with van der Waals surface area (Å²) >= 11 is 0. The van der Waals surface area contributed by atoms with E-state index in [1.165, 1.54) is 10.4 Å². The number of hydrogen-bond donors (Lipinski definition) is 1. The summed E-state index contributed by atoms with van der Waals surface area (Å²) in [6.45, 7) is 2.41. The fourth-order valence-corrected chi connectivity index (χ4v) is 4.14. The lowest BCUT2D eigenvalue weighted by atomic mass is 9.97. The van der Waals surface area contributed by atoms with Crippen LogP contribution in [0, 0.1) is 17.6 Å². The molecule has 1 saturated heterocycles. The SMILES string of the molecule is CCCS(=O)(=O)N1CCC(C(=O)Nc2ccc(F)c(F)c2)CC1. The standard InChI is InChI=1S/C15H20F2N2O3S/c1-2-9-23(21,22)19-7-5-11(6-8-19)15(20)18-12-3-4-13(16)14(17)10-12/h3-4,10-11H,2,5-9H2,1H3,(H,18,20). The van der Waals surface area contributed by atoms with E-state index in [4.69, 9.17) is 0 Å². The smallest absolute Gasteiger partial charge is 0.227 e. The molecule has 0 atom stereocenters. The van der Waals surface area contributed by atoms with E-state index < -0.39 is 21.7 Å². The normalized spacial score (nSPS) is 17.2. The van der Waals surface area contributed by atoms with Gasteiger partial charge in [0.2, 0.25) is 15.9 Å². The Hall–Kier alpha value is -1.54. The fourth-order valence-electron chi connectivity index (χ4n) is 2.60. The summed E-state index contributed by atoms with van der Waals surface area (Å²) in [5.74, 6) is -2.53. The van der Waals surface area contributed by atoms with Gasteiger partial charge in [-0.3, -0.25) is 4.79 Å². The number of nitrogens with zero attached hydrogens (tertiary/aromatic N) is 1. The van der Waals surface area contributed by atoms with Gasteiger partial charge in [-0.15, -0.1) is 0 Å². The Morgan fingerprint density at radius 3 is 2.48 bits per heavy atom. The third-order valence-electron chi connectivity index (χ3n) is 3.87. The molecule has 0 radical (unpaired) electrons. The number of rotatable bonds is 5. The molecule has 0 aromatic heterocycles. The molecule has 0 aliphatic carbocycles. The molecular formula is C15H20F2N2O3S. The fraction of sp³-hybridized carbons (Fsp3) is 0.533. The van der Waals surface area contributed by atoms with Crippen LogP contribution >= 0.6 is 0 Å². The van der Waals surface area contributed by atoms with Gasteiger partial charge in [0.25, 0.3) is 0 Å². The number of carbonyl (C=O) groups is 1. The lowest BCUT2D eigenvalue weighted by Crippen LogP contribution is -2.42. The lowest BCUT2D eigenvalue weighted by molar-refractivity contribution is -0.120. The molecule has 1 N–H and O–H groups in total. The van der Waals surface area contributed by atoms with Gasteiger partial charge in [0, 0.05) is 30.8 Å². The molecule has 5 nitrogen and oxygen atoms in total. The number of sulfonamides is 1. The molecule has 0 unspecified atom stereocenters. The Morgan fingerprint density at radius 1 is 1.26 bits per heavy atom. The maximum absolute atomic E-state index is 13.1. The van der Waals surface area contributed by atoms with Gasteiger partial charge in [-0.05, 0) is 31.4 Å². The van der Waals surface area contributed by atoms with Crippen LogP contribution in [0.25, 0.3) is 0 Å². The minimum Gasteiger partial charge on any atom is -0.326 e. The van der Waals surface area contributed by atoms with E-state index in [2.05, 4.69) is 5.32 Å². The Labute approximate surface area is 134 Å². The van der Waals surface area contributed by atoms with Crippen LogP contribution in [0.4, 0.5) is 14.5 Å². The van der Waals surface area contributed by atoms with Gasteiger partial charge in [0.05, 0.1) is 5.75 Å². The number of halogens is 2. The van der Waals surface area contributed by atoms with E-state index in [1.807, 2.05) is 0 Å². The number of anilines is 1. The lowest BCUT2D eigenvalue weighted by Gasteiger charge is -2.30. The van der Waals surface area contributed by atoms with Gasteiger partial charge in [0.1, 0.15) is 0 Å². The van der Waals surface area contributed by atoms with Crippen LogP contribution < -0.4 is 5.32 Å². The minimum absolute atomic E-state index is 0.110. The zero-order valence-corrected chi connectivity index (χ0v) is 13.7. The number of nitrogens with one attached hydrogen (secondary N) is 1. The average Bonchev–Trinajstić information content (AvgIpc) is 2.51. The molecule has 1 fully saturated rings. The van der Waals surface area contributed by atoms with Crippen molar-refractivity contribution in [3.05, 3.63) is 29.8 Å². The zero-order valence-electron chi connectivity index (χ0n) is 12.9. The van der Waals surface area contributed by atoms with Crippen LogP contribution in [-0.2, 0) is 14.8 Å². The monoisotopic (exact) mass is 346 g/mol. The third kappa shape index (κ3) is 4.48. The van der Waals surface area contributed by atoms with Crippen molar-refractivity contribution < 1.29 is 22.0 Å². The van der Waals surface area contributed by atoms with Crippen molar-refractivity contribution in [3.63, 3.8) is 0 Å². The maximum atomic E-state index is 13.1. The van der Waals surface area contributed by atoms with Crippen LogP contribution in [0.1, 0.15) is 26.2 Å². The Kier molecular flexibility index (Phi) is 5.69. The summed E-state index contributed by atoms with van der Waals surface area (Å²) in [4.78, 5) is 12.2. The third-order valence-corrected chi connectivity index (χ3v) is 5.94. The number of piperidine rings is 1. The van der Waals surface area contributed by atoms with E-state index >= 15 is 0 Å². The molecule has 1 aliphatic heterocycles. The van der Waals surface area contributed by atoms with Gasteiger partial charge in [-0.1, -0.05) is 6.92 Å². The molecule has 8 heteroatoms. The summed E-state index contributed by atoms with van der Waals surface area (Å²) < 4.78 is 51.3. The van der Waals surface area contributed by atoms with Crippen molar-refractivity contribution in [1.29, 1.82) is 0 Å². The number of benzene rings is 1. The first kappa shape index (κ1) is 17.8. The van der Waals surface area contributed by atoms with E-state index in [0.29, 0.717) is 32.4 Å². The number of hydrogen-bond acceptors (Lipinski definition) is 3. The molecule has 1 aromatic carbocycles. The highest BCUT2D eigenvalue weighted by Crippen LogP contribution is 2.22. The first-order chi connectivity index (χ1) is 10.8. The van der Waals surface area contributed by atoms with Gasteiger partial charge < -0.3 is 5.32 Å². The van der Waals surface area contributed by atoms with Crippen LogP contribution in [0.3, 0.4) is 0 Å². The van der Waals surface area contributed by atoms with Gasteiger partial charge in [-0.25, -0.2) is 21.5 Å². The summed E-state index contributed by atoms with van der Waals surface area (Å²) in [7, 11) is -3.24. The predicted octanol–water partition coefficient (Wildman–Crippen LogP) is 2.36. The topological polar surface area (TPSA) is 66.5 Å². The summed E-state index contributed by atoms with van der Waals surface area (Å²) in [5, 5.41) is 2.54. The summed E-state index contributed by atoms with van der Waals surface area (Å²) in [6.07, 6.45) is 1.38. The number of amides is 1. The highest BCUT2D eigenvalue weighted by molar-refractivity contribution is 7.89. The molecule has 1 heterocycles.